The van der Waals surface area contributed by atoms with Gasteiger partial charge in [0.25, 0.3) is 0 Å². The Morgan fingerprint density at radius 3 is 2.09 bits per heavy atom. The van der Waals surface area contributed by atoms with E-state index in [1.165, 1.54) is 54.0 Å². The third kappa shape index (κ3) is 1.53. The van der Waals surface area contributed by atoms with Crippen molar-refractivity contribution in [1.82, 2.24) is 0 Å². The average Bonchev–Trinajstić information content (AvgIpc) is 2.84. The van der Waals surface area contributed by atoms with Crippen molar-refractivity contribution in [2.45, 2.75) is 37.5 Å². The van der Waals surface area contributed by atoms with Crippen molar-refractivity contribution < 1.29 is 0 Å². The molecule has 2 aliphatic carbocycles. The predicted molar refractivity (Wildman–Crippen MR) is 93.2 cm³/mol. The van der Waals surface area contributed by atoms with Gasteiger partial charge in [-0.05, 0) is 58.0 Å². The third-order valence-corrected chi connectivity index (χ3v) is 5.84. The first-order valence-corrected chi connectivity index (χ1v) is 8.52. The molecule has 5 rings (SSSR count). The van der Waals surface area contributed by atoms with Gasteiger partial charge >= 0.3 is 0 Å². The highest BCUT2D eigenvalue weighted by molar-refractivity contribution is 5.93. The molecule has 0 unspecified atom stereocenters. The standard InChI is InChI=1S/C22H20/c1-6-12-22(13-7-1)20-11-5-4-10-18(20)19-14-16-8-2-3-9-17(16)15-21(19)22/h2-5,8-11,14-15H,1,6-7,12-13H2. The summed E-state index contributed by atoms with van der Waals surface area (Å²) in [5.41, 5.74) is 6.42. The lowest BCUT2D eigenvalue weighted by molar-refractivity contribution is 0.353. The Bertz CT molecular complexity index is 866. The monoisotopic (exact) mass is 284 g/mol. The summed E-state index contributed by atoms with van der Waals surface area (Å²) in [7, 11) is 0. The van der Waals surface area contributed by atoms with Crippen molar-refractivity contribution >= 4 is 10.8 Å². The van der Waals surface area contributed by atoms with Crippen LogP contribution < -0.4 is 0 Å². The molecule has 1 saturated carbocycles. The van der Waals surface area contributed by atoms with E-state index in [1.807, 2.05) is 0 Å². The largest absolute Gasteiger partial charge is 0.0619 e. The summed E-state index contributed by atoms with van der Waals surface area (Å²) in [6.07, 6.45) is 6.75. The molecule has 3 aromatic carbocycles. The fraction of sp³-hybridized carbons (Fsp3) is 0.273. The summed E-state index contributed by atoms with van der Waals surface area (Å²) in [5.74, 6) is 0. The summed E-state index contributed by atoms with van der Waals surface area (Å²) in [6.45, 7) is 0. The molecule has 0 aliphatic heterocycles. The molecule has 108 valence electrons. The summed E-state index contributed by atoms with van der Waals surface area (Å²) in [5, 5.41) is 2.75. The summed E-state index contributed by atoms with van der Waals surface area (Å²) in [6, 6.07) is 22.8. The topological polar surface area (TPSA) is 0 Å². The van der Waals surface area contributed by atoms with Crippen molar-refractivity contribution in [3.8, 4) is 11.1 Å². The van der Waals surface area contributed by atoms with Gasteiger partial charge in [0.05, 0.1) is 0 Å². The lowest BCUT2D eigenvalue weighted by Gasteiger charge is -2.36. The molecule has 1 spiro atoms. The van der Waals surface area contributed by atoms with Gasteiger partial charge in [-0.3, -0.25) is 0 Å². The zero-order chi connectivity index (χ0) is 14.6. The van der Waals surface area contributed by atoms with E-state index in [0.29, 0.717) is 0 Å². The second-order valence-electron chi connectivity index (χ2n) is 6.93. The number of hydrogen-bond acceptors (Lipinski definition) is 0. The molecule has 2 aliphatic rings. The quantitative estimate of drug-likeness (QED) is 0.470. The van der Waals surface area contributed by atoms with Gasteiger partial charge in [0.2, 0.25) is 0 Å². The van der Waals surface area contributed by atoms with E-state index in [1.54, 1.807) is 11.1 Å². The van der Waals surface area contributed by atoms with Crippen LogP contribution in [0.1, 0.15) is 43.2 Å². The number of rotatable bonds is 0. The van der Waals surface area contributed by atoms with E-state index in [0.717, 1.165) is 0 Å². The minimum atomic E-state index is 0.286. The van der Waals surface area contributed by atoms with Crippen molar-refractivity contribution in [3.05, 3.63) is 71.8 Å². The zero-order valence-corrected chi connectivity index (χ0v) is 12.8. The molecule has 0 nitrogen and oxygen atoms in total. The Morgan fingerprint density at radius 2 is 1.27 bits per heavy atom. The first-order chi connectivity index (χ1) is 10.9. The molecule has 3 aromatic rings. The maximum Gasteiger partial charge on any atom is 0.0215 e. The maximum absolute atomic E-state index is 2.48. The predicted octanol–water partition coefficient (Wildman–Crippen LogP) is 6.07. The minimum Gasteiger partial charge on any atom is -0.0619 e. The Morgan fingerprint density at radius 1 is 0.591 bits per heavy atom. The second-order valence-corrected chi connectivity index (χ2v) is 6.93. The van der Waals surface area contributed by atoms with Gasteiger partial charge in [-0.25, -0.2) is 0 Å². The molecule has 1 fully saturated rings. The minimum absolute atomic E-state index is 0.286. The molecule has 0 heteroatoms. The molecule has 0 aromatic heterocycles. The fourth-order valence-corrected chi connectivity index (χ4v) is 4.83. The Balaban J connectivity index is 1.87. The van der Waals surface area contributed by atoms with Gasteiger partial charge < -0.3 is 0 Å². The third-order valence-electron chi connectivity index (χ3n) is 5.84. The molecular weight excluding hydrogens is 264 g/mol. The lowest BCUT2D eigenvalue weighted by Crippen LogP contribution is -2.27. The van der Waals surface area contributed by atoms with Crippen LogP contribution in [0.15, 0.2) is 60.7 Å². The first-order valence-electron chi connectivity index (χ1n) is 8.52. The molecule has 0 heterocycles. The van der Waals surface area contributed by atoms with Gasteiger partial charge in [0.15, 0.2) is 0 Å². The van der Waals surface area contributed by atoms with Gasteiger partial charge in [0.1, 0.15) is 0 Å². The molecule has 0 bridgehead atoms. The molecule has 0 atom stereocenters. The number of fused-ring (bicyclic) bond motifs is 6. The van der Waals surface area contributed by atoms with Crippen LogP contribution in [0, 0.1) is 0 Å². The highest BCUT2D eigenvalue weighted by atomic mass is 14.5. The molecule has 0 amide bonds. The van der Waals surface area contributed by atoms with Gasteiger partial charge in [-0.1, -0.05) is 67.8 Å². The van der Waals surface area contributed by atoms with Gasteiger partial charge in [-0.2, -0.15) is 0 Å². The van der Waals surface area contributed by atoms with Crippen LogP contribution in [0.2, 0.25) is 0 Å². The molecule has 0 N–H and O–H groups in total. The Hall–Kier alpha value is -2.08. The highest BCUT2D eigenvalue weighted by Gasteiger charge is 2.43. The van der Waals surface area contributed by atoms with Crippen molar-refractivity contribution in [2.75, 3.05) is 0 Å². The molecule has 22 heavy (non-hydrogen) atoms. The van der Waals surface area contributed by atoms with Crippen LogP contribution in [0.5, 0.6) is 0 Å². The van der Waals surface area contributed by atoms with Crippen LogP contribution in [0.4, 0.5) is 0 Å². The molecular formula is C22H20. The lowest BCUT2D eigenvalue weighted by atomic mass is 9.67. The van der Waals surface area contributed by atoms with E-state index in [-0.39, 0.29) is 5.41 Å². The van der Waals surface area contributed by atoms with Crippen LogP contribution in [-0.4, -0.2) is 0 Å². The van der Waals surface area contributed by atoms with Gasteiger partial charge in [0, 0.05) is 5.41 Å². The van der Waals surface area contributed by atoms with Crippen molar-refractivity contribution in [2.24, 2.45) is 0 Å². The van der Waals surface area contributed by atoms with Crippen LogP contribution >= 0.6 is 0 Å². The molecule has 0 radical (unpaired) electrons. The summed E-state index contributed by atoms with van der Waals surface area (Å²) < 4.78 is 0. The Labute approximate surface area is 131 Å². The second kappa shape index (κ2) is 4.46. The van der Waals surface area contributed by atoms with E-state index in [9.17, 15) is 0 Å². The molecule has 0 saturated heterocycles. The zero-order valence-electron chi connectivity index (χ0n) is 12.8. The number of hydrogen-bond donors (Lipinski definition) is 0. The van der Waals surface area contributed by atoms with Crippen molar-refractivity contribution in [1.29, 1.82) is 0 Å². The summed E-state index contributed by atoms with van der Waals surface area (Å²) >= 11 is 0. The average molecular weight is 284 g/mol. The van der Waals surface area contributed by atoms with Crippen LogP contribution in [0.25, 0.3) is 21.9 Å². The SMILES string of the molecule is c1ccc2c(c1)-c1cc3ccccc3cc1C21CCCCC1. The first kappa shape index (κ1) is 12.5. The van der Waals surface area contributed by atoms with Gasteiger partial charge in [-0.15, -0.1) is 0 Å². The fourth-order valence-electron chi connectivity index (χ4n) is 4.83. The highest BCUT2D eigenvalue weighted by Crippen LogP contribution is 2.56. The van der Waals surface area contributed by atoms with Crippen molar-refractivity contribution in [3.63, 3.8) is 0 Å². The van der Waals surface area contributed by atoms with E-state index in [4.69, 9.17) is 0 Å². The van der Waals surface area contributed by atoms with E-state index in [2.05, 4.69) is 60.7 Å². The maximum atomic E-state index is 2.48. The van der Waals surface area contributed by atoms with E-state index < -0.39 is 0 Å². The van der Waals surface area contributed by atoms with Crippen LogP contribution in [0.3, 0.4) is 0 Å². The normalized spacial score (nSPS) is 18.4. The summed E-state index contributed by atoms with van der Waals surface area (Å²) in [4.78, 5) is 0. The number of benzene rings is 3. The Kier molecular flexibility index (Phi) is 2.52. The van der Waals surface area contributed by atoms with E-state index >= 15 is 0 Å². The van der Waals surface area contributed by atoms with Crippen LogP contribution in [-0.2, 0) is 5.41 Å². The smallest absolute Gasteiger partial charge is 0.0215 e.